The van der Waals surface area contributed by atoms with Crippen LogP contribution in [0.1, 0.15) is 0 Å². The van der Waals surface area contributed by atoms with E-state index in [1.807, 2.05) is 0 Å². The highest BCUT2D eigenvalue weighted by atomic mass is 31.1. The van der Waals surface area contributed by atoms with Gasteiger partial charge in [-0.2, -0.15) is 0 Å². The van der Waals surface area contributed by atoms with Crippen LogP contribution in [0.3, 0.4) is 0 Å². The standard InChI is InChI=1S/C28H27NP2/c1-5-13-23(14-6-1)30(24-15-7-2-8-16-24)27-21-29-22-28(27)31(25-17-9-3-10-18-25)26-19-11-4-12-20-26/h1-20,27-29H,21-22H2/t27-,28-/m1/s1. The second kappa shape index (κ2) is 9.88. The smallest absolute Gasteiger partial charge is 0.00822 e. The van der Waals surface area contributed by atoms with Gasteiger partial charge >= 0.3 is 0 Å². The summed E-state index contributed by atoms with van der Waals surface area (Å²) in [5, 5.41) is 9.73. The molecule has 3 heteroatoms. The van der Waals surface area contributed by atoms with E-state index in [-0.39, 0.29) is 0 Å². The summed E-state index contributed by atoms with van der Waals surface area (Å²) in [5.41, 5.74) is 1.21. The van der Waals surface area contributed by atoms with Crippen molar-refractivity contribution in [1.82, 2.24) is 5.32 Å². The molecule has 1 fully saturated rings. The van der Waals surface area contributed by atoms with Crippen LogP contribution in [0.15, 0.2) is 121 Å². The fourth-order valence-electron chi connectivity index (χ4n) is 4.60. The van der Waals surface area contributed by atoms with Crippen LogP contribution >= 0.6 is 15.8 Å². The summed E-state index contributed by atoms with van der Waals surface area (Å²) in [5.74, 6) is 0. The lowest BCUT2D eigenvalue weighted by Gasteiger charge is -2.34. The Morgan fingerprint density at radius 3 is 0.935 bits per heavy atom. The topological polar surface area (TPSA) is 12.0 Å². The van der Waals surface area contributed by atoms with Gasteiger partial charge in [0.1, 0.15) is 0 Å². The quantitative estimate of drug-likeness (QED) is 0.434. The van der Waals surface area contributed by atoms with Gasteiger partial charge in [-0.15, -0.1) is 0 Å². The van der Waals surface area contributed by atoms with Gasteiger partial charge in [-0.1, -0.05) is 121 Å². The fraction of sp³-hybridized carbons (Fsp3) is 0.143. The summed E-state index contributed by atoms with van der Waals surface area (Å²) in [6, 6.07) is 44.8. The van der Waals surface area contributed by atoms with E-state index in [0.29, 0.717) is 11.3 Å². The average molecular weight is 439 g/mol. The van der Waals surface area contributed by atoms with E-state index in [9.17, 15) is 0 Å². The first-order chi connectivity index (χ1) is 15.4. The van der Waals surface area contributed by atoms with Crippen molar-refractivity contribution in [2.24, 2.45) is 0 Å². The van der Waals surface area contributed by atoms with Crippen molar-refractivity contribution < 1.29 is 0 Å². The van der Waals surface area contributed by atoms with Crippen LogP contribution in [-0.4, -0.2) is 24.4 Å². The van der Waals surface area contributed by atoms with Gasteiger partial charge in [0.25, 0.3) is 0 Å². The summed E-state index contributed by atoms with van der Waals surface area (Å²) < 4.78 is 0. The molecule has 0 radical (unpaired) electrons. The normalized spacial score (nSPS) is 18.5. The maximum absolute atomic E-state index is 3.79. The summed E-state index contributed by atoms with van der Waals surface area (Å²) in [6.07, 6.45) is 0. The highest BCUT2D eigenvalue weighted by molar-refractivity contribution is 7.77. The van der Waals surface area contributed by atoms with Crippen LogP contribution in [0.5, 0.6) is 0 Å². The number of nitrogens with one attached hydrogen (secondary N) is 1. The summed E-state index contributed by atoms with van der Waals surface area (Å²) >= 11 is 0. The van der Waals surface area contributed by atoms with Crippen molar-refractivity contribution in [2.75, 3.05) is 13.1 Å². The Hall–Kier alpha value is -2.30. The molecule has 1 nitrogen and oxygen atoms in total. The van der Waals surface area contributed by atoms with Crippen molar-refractivity contribution >= 4 is 37.1 Å². The van der Waals surface area contributed by atoms with Crippen LogP contribution < -0.4 is 26.5 Å². The molecule has 0 spiro atoms. The SMILES string of the molecule is c1ccc(P(c2ccccc2)[C@@H]2CNC[C@H]2P(c2ccccc2)c2ccccc2)cc1. The highest BCUT2D eigenvalue weighted by Crippen LogP contribution is 2.52. The molecule has 0 unspecified atom stereocenters. The Bertz CT molecular complexity index is 903. The van der Waals surface area contributed by atoms with Gasteiger partial charge < -0.3 is 5.32 Å². The van der Waals surface area contributed by atoms with Crippen LogP contribution in [0.25, 0.3) is 0 Å². The van der Waals surface area contributed by atoms with Gasteiger partial charge in [0, 0.05) is 24.4 Å². The molecule has 4 aromatic rings. The number of hydrogen-bond acceptors (Lipinski definition) is 1. The van der Waals surface area contributed by atoms with Crippen LogP contribution in [0.4, 0.5) is 0 Å². The highest BCUT2D eigenvalue weighted by Gasteiger charge is 2.40. The lowest BCUT2D eigenvalue weighted by Crippen LogP contribution is -2.34. The van der Waals surface area contributed by atoms with Crippen LogP contribution in [0, 0.1) is 0 Å². The third-order valence-electron chi connectivity index (χ3n) is 5.95. The van der Waals surface area contributed by atoms with Crippen LogP contribution in [0.2, 0.25) is 0 Å². The lowest BCUT2D eigenvalue weighted by atomic mass is 10.3. The predicted octanol–water partition coefficient (Wildman–Crippen LogP) is 4.59. The maximum Gasteiger partial charge on any atom is 0.00822 e. The van der Waals surface area contributed by atoms with Gasteiger partial charge in [0.2, 0.25) is 0 Å². The fourth-order valence-corrected chi connectivity index (χ4v) is 11.0. The molecule has 2 atom stereocenters. The minimum atomic E-state index is -0.451. The summed E-state index contributed by atoms with van der Waals surface area (Å²) in [4.78, 5) is 0. The first-order valence-electron chi connectivity index (χ1n) is 10.9. The Labute approximate surface area is 188 Å². The molecule has 0 aromatic heterocycles. The second-order valence-corrected chi connectivity index (χ2v) is 12.7. The van der Waals surface area contributed by atoms with Gasteiger partial charge in [0.05, 0.1) is 0 Å². The average Bonchev–Trinajstić information content (AvgIpc) is 3.31. The molecule has 1 saturated heterocycles. The molecule has 154 valence electrons. The molecule has 0 bridgehead atoms. The molecule has 1 N–H and O–H groups in total. The first-order valence-corrected chi connectivity index (χ1v) is 13.7. The monoisotopic (exact) mass is 439 g/mol. The Morgan fingerprint density at radius 1 is 0.419 bits per heavy atom. The largest absolute Gasteiger partial charge is 0.315 e. The molecule has 1 aliphatic rings. The lowest BCUT2D eigenvalue weighted by molar-refractivity contribution is 0.859. The third kappa shape index (κ3) is 4.51. The van der Waals surface area contributed by atoms with Crippen molar-refractivity contribution in [2.45, 2.75) is 11.3 Å². The predicted molar refractivity (Wildman–Crippen MR) is 139 cm³/mol. The van der Waals surface area contributed by atoms with E-state index in [4.69, 9.17) is 0 Å². The molecule has 4 aromatic carbocycles. The van der Waals surface area contributed by atoms with Crippen molar-refractivity contribution in [3.63, 3.8) is 0 Å². The molecule has 0 aliphatic carbocycles. The van der Waals surface area contributed by atoms with Gasteiger partial charge in [0.15, 0.2) is 0 Å². The summed E-state index contributed by atoms with van der Waals surface area (Å²) in [6.45, 7) is 2.16. The molecular formula is C28H27NP2. The van der Waals surface area contributed by atoms with Crippen LogP contribution in [-0.2, 0) is 0 Å². The Morgan fingerprint density at radius 2 is 0.677 bits per heavy atom. The number of rotatable bonds is 6. The molecule has 1 heterocycles. The van der Waals surface area contributed by atoms with Crippen molar-refractivity contribution in [3.05, 3.63) is 121 Å². The minimum Gasteiger partial charge on any atom is -0.315 e. The summed E-state index contributed by atoms with van der Waals surface area (Å²) in [7, 11) is -0.902. The third-order valence-corrected chi connectivity index (χ3v) is 12.0. The number of benzene rings is 4. The van der Waals surface area contributed by atoms with Crippen molar-refractivity contribution in [1.29, 1.82) is 0 Å². The molecule has 0 amide bonds. The van der Waals surface area contributed by atoms with E-state index < -0.39 is 15.8 Å². The van der Waals surface area contributed by atoms with E-state index in [1.165, 1.54) is 21.2 Å². The van der Waals surface area contributed by atoms with Gasteiger partial charge in [-0.05, 0) is 37.1 Å². The molecule has 31 heavy (non-hydrogen) atoms. The van der Waals surface area contributed by atoms with E-state index >= 15 is 0 Å². The van der Waals surface area contributed by atoms with E-state index in [2.05, 4.69) is 127 Å². The molecule has 1 aliphatic heterocycles. The zero-order valence-corrected chi connectivity index (χ0v) is 19.3. The maximum atomic E-state index is 3.79. The molecule has 0 saturated carbocycles. The minimum absolute atomic E-state index is 0.451. The second-order valence-electron chi connectivity index (χ2n) is 7.88. The number of hydrogen-bond donors (Lipinski definition) is 1. The Kier molecular flexibility index (Phi) is 6.57. The first kappa shape index (κ1) is 20.6. The zero-order chi connectivity index (χ0) is 20.9. The van der Waals surface area contributed by atoms with Gasteiger partial charge in [-0.3, -0.25) is 0 Å². The molecular weight excluding hydrogens is 412 g/mol. The van der Waals surface area contributed by atoms with Crippen molar-refractivity contribution in [3.8, 4) is 0 Å². The Balaban J connectivity index is 1.60. The van der Waals surface area contributed by atoms with Gasteiger partial charge in [-0.25, -0.2) is 0 Å². The van der Waals surface area contributed by atoms with E-state index in [1.54, 1.807) is 0 Å². The molecule has 5 rings (SSSR count). The van der Waals surface area contributed by atoms with E-state index in [0.717, 1.165) is 13.1 Å². The zero-order valence-electron chi connectivity index (χ0n) is 17.5.